The number of nitrogens with zero attached hydrogens (tertiary/aromatic N) is 1. The first-order valence-corrected chi connectivity index (χ1v) is 5.46. The summed E-state index contributed by atoms with van der Waals surface area (Å²) >= 11 is 7.39. The molecule has 0 amide bonds. The van der Waals surface area contributed by atoms with Gasteiger partial charge in [0.1, 0.15) is 5.01 Å². The maximum absolute atomic E-state index is 5.79. The van der Waals surface area contributed by atoms with Crippen molar-refractivity contribution in [1.29, 1.82) is 0 Å². The number of hydrogen-bond donors (Lipinski definition) is 1. The van der Waals surface area contributed by atoms with E-state index in [1.807, 2.05) is 29.6 Å². The summed E-state index contributed by atoms with van der Waals surface area (Å²) < 4.78 is 0. The quantitative estimate of drug-likeness (QED) is 0.900. The van der Waals surface area contributed by atoms with Crippen LogP contribution >= 0.6 is 35.3 Å². The van der Waals surface area contributed by atoms with Crippen molar-refractivity contribution in [2.45, 2.75) is 6.54 Å². The smallest absolute Gasteiger partial charge is 0.123 e. The summed E-state index contributed by atoms with van der Waals surface area (Å²) in [5.74, 6) is 0. The van der Waals surface area contributed by atoms with Crippen LogP contribution in [0.15, 0.2) is 29.6 Å². The van der Waals surface area contributed by atoms with Crippen molar-refractivity contribution < 1.29 is 0 Å². The Kier molecular flexibility index (Phi) is 4.54. The van der Waals surface area contributed by atoms with E-state index in [2.05, 4.69) is 4.98 Å². The van der Waals surface area contributed by atoms with Crippen molar-refractivity contribution in [3.8, 4) is 10.6 Å². The SMILES string of the molecule is Cl.NCc1csc(-c2ccc(Cl)cc2)n1. The minimum atomic E-state index is 0. The van der Waals surface area contributed by atoms with E-state index in [-0.39, 0.29) is 12.4 Å². The third-order valence-electron chi connectivity index (χ3n) is 1.85. The second kappa shape index (κ2) is 5.47. The molecule has 0 atom stereocenters. The molecule has 80 valence electrons. The van der Waals surface area contributed by atoms with Crippen LogP contribution < -0.4 is 5.73 Å². The lowest BCUT2D eigenvalue weighted by atomic mass is 10.2. The van der Waals surface area contributed by atoms with Crippen molar-refractivity contribution in [2.24, 2.45) is 5.73 Å². The fraction of sp³-hybridized carbons (Fsp3) is 0.100. The van der Waals surface area contributed by atoms with Crippen molar-refractivity contribution in [1.82, 2.24) is 4.98 Å². The summed E-state index contributed by atoms with van der Waals surface area (Å²) in [4.78, 5) is 4.38. The molecule has 1 aromatic carbocycles. The Morgan fingerprint density at radius 2 is 1.93 bits per heavy atom. The number of halogens is 2. The summed E-state index contributed by atoms with van der Waals surface area (Å²) in [6.07, 6.45) is 0. The van der Waals surface area contributed by atoms with Gasteiger partial charge in [-0.3, -0.25) is 0 Å². The van der Waals surface area contributed by atoms with Crippen molar-refractivity contribution in [2.75, 3.05) is 0 Å². The minimum Gasteiger partial charge on any atom is -0.325 e. The number of thiazole rings is 1. The fourth-order valence-electron chi connectivity index (χ4n) is 1.13. The molecule has 0 fully saturated rings. The molecule has 0 aliphatic heterocycles. The van der Waals surface area contributed by atoms with Gasteiger partial charge < -0.3 is 5.73 Å². The highest BCUT2D eigenvalue weighted by molar-refractivity contribution is 7.13. The molecule has 2 rings (SSSR count). The van der Waals surface area contributed by atoms with Crippen LogP contribution in [0, 0.1) is 0 Å². The molecule has 0 radical (unpaired) electrons. The Bertz CT molecular complexity index is 425. The Hall–Kier alpha value is -0.610. The predicted molar refractivity (Wildman–Crippen MR) is 67.7 cm³/mol. The standard InChI is InChI=1S/C10H9ClN2S.ClH/c11-8-3-1-7(2-4-8)10-13-9(5-12)6-14-10;/h1-4,6H,5,12H2;1H. The zero-order valence-corrected chi connectivity index (χ0v) is 10.2. The van der Waals surface area contributed by atoms with Gasteiger partial charge in [0.15, 0.2) is 0 Å². The molecule has 15 heavy (non-hydrogen) atoms. The van der Waals surface area contributed by atoms with Gasteiger partial charge in [0.05, 0.1) is 5.69 Å². The van der Waals surface area contributed by atoms with Gasteiger partial charge in [0.2, 0.25) is 0 Å². The summed E-state index contributed by atoms with van der Waals surface area (Å²) in [6, 6.07) is 7.64. The molecule has 0 aliphatic rings. The van der Waals surface area contributed by atoms with Crippen LogP contribution in [0.1, 0.15) is 5.69 Å². The lowest BCUT2D eigenvalue weighted by molar-refractivity contribution is 1.01. The van der Waals surface area contributed by atoms with Gasteiger partial charge in [-0.25, -0.2) is 4.98 Å². The van der Waals surface area contributed by atoms with E-state index < -0.39 is 0 Å². The third-order valence-corrected chi connectivity index (χ3v) is 3.04. The van der Waals surface area contributed by atoms with E-state index >= 15 is 0 Å². The van der Waals surface area contributed by atoms with Gasteiger partial charge in [-0.05, 0) is 12.1 Å². The fourth-order valence-corrected chi connectivity index (χ4v) is 2.09. The average molecular weight is 261 g/mol. The first-order chi connectivity index (χ1) is 6.79. The van der Waals surface area contributed by atoms with Gasteiger partial charge in [-0.1, -0.05) is 23.7 Å². The third kappa shape index (κ3) is 2.92. The van der Waals surface area contributed by atoms with Crippen LogP contribution in [0.5, 0.6) is 0 Å². The van der Waals surface area contributed by atoms with Crippen molar-refractivity contribution in [3.63, 3.8) is 0 Å². The molecule has 0 unspecified atom stereocenters. The minimum absolute atomic E-state index is 0. The van der Waals surface area contributed by atoms with Gasteiger partial charge in [0, 0.05) is 22.5 Å². The van der Waals surface area contributed by atoms with Crippen LogP contribution in [-0.4, -0.2) is 4.98 Å². The Morgan fingerprint density at radius 1 is 1.27 bits per heavy atom. The summed E-state index contributed by atoms with van der Waals surface area (Å²) in [7, 11) is 0. The van der Waals surface area contributed by atoms with E-state index in [0.717, 1.165) is 21.3 Å². The summed E-state index contributed by atoms with van der Waals surface area (Å²) in [5, 5.41) is 3.70. The van der Waals surface area contributed by atoms with Crippen LogP contribution in [0.3, 0.4) is 0 Å². The highest BCUT2D eigenvalue weighted by Crippen LogP contribution is 2.24. The summed E-state index contributed by atoms with van der Waals surface area (Å²) in [6.45, 7) is 0.490. The molecule has 1 aromatic heterocycles. The topological polar surface area (TPSA) is 38.9 Å². The number of rotatable bonds is 2. The highest BCUT2D eigenvalue weighted by Gasteiger charge is 2.02. The molecule has 0 saturated carbocycles. The lowest BCUT2D eigenvalue weighted by Crippen LogP contribution is -1.95. The first kappa shape index (κ1) is 12.5. The second-order valence-electron chi connectivity index (χ2n) is 2.86. The first-order valence-electron chi connectivity index (χ1n) is 4.20. The van der Waals surface area contributed by atoms with Crippen LogP contribution in [0.2, 0.25) is 5.02 Å². The van der Waals surface area contributed by atoms with Crippen LogP contribution in [0.4, 0.5) is 0 Å². The molecule has 2 aromatic rings. The van der Waals surface area contributed by atoms with Crippen molar-refractivity contribution in [3.05, 3.63) is 40.4 Å². The maximum Gasteiger partial charge on any atom is 0.123 e. The van der Waals surface area contributed by atoms with E-state index in [1.165, 1.54) is 0 Å². The average Bonchev–Trinajstić information content (AvgIpc) is 2.67. The van der Waals surface area contributed by atoms with E-state index in [0.29, 0.717) is 6.54 Å². The van der Waals surface area contributed by atoms with Gasteiger partial charge in [-0.2, -0.15) is 0 Å². The number of hydrogen-bond acceptors (Lipinski definition) is 3. The molecular weight excluding hydrogens is 251 g/mol. The molecule has 0 bridgehead atoms. The van der Waals surface area contributed by atoms with Gasteiger partial charge in [-0.15, -0.1) is 23.7 Å². The van der Waals surface area contributed by atoms with Gasteiger partial charge >= 0.3 is 0 Å². The molecule has 2 N–H and O–H groups in total. The maximum atomic E-state index is 5.79. The number of benzene rings is 1. The molecule has 1 heterocycles. The largest absolute Gasteiger partial charge is 0.325 e. The van der Waals surface area contributed by atoms with Crippen LogP contribution in [0.25, 0.3) is 10.6 Å². The highest BCUT2D eigenvalue weighted by atomic mass is 35.5. The zero-order valence-electron chi connectivity index (χ0n) is 7.81. The molecule has 0 saturated heterocycles. The number of aromatic nitrogens is 1. The number of nitrogens with two attached hydrogens (primary N) is 1. The van der Waals surface area contributed by atoms with Crippen molar-refractivity contribution >= 4 is 35.3 Å². The van der Waals surface area contributed by atoms with E-state index in [4.69, 9.17) is 17.3 Å². The molecular formula is C10H10Cl2N2S. The predicted octanol–water partition coefficient (Wildman–Crippen LogP) is 3.34. The molecule has 0 spiro atoms. The van der Waals surface area contributed by atoms with E-state index in [9.17, 15) is 0 Å². The second-order valence-corrected chi connectivity index (χ2v) is 4.15. The Balaban J connectivity index is 0.00000112. The zero-order chi connectivity index (χ0) is 9.97. The molecule has 5 heteroatoms. The van der Waals surface area contributed by atoms with Crippen LogP contribution in [-0.2, 0) is 6.54 Å². The van der Waals surface area contributed by atoms with Gasteiger partial charge in [0.25, 0.3) is 0 Å². The summed E-state index contributed by atoms with van der Waals surface area (Å²) in [5.41, 5.74) is 7.50. The van der Waals surface area contributed by atoms with E-state index in [1.54, 1.807) is 11.3 Å². The molecule has 2 nitrogen and oxygen atoms in total. The normalized spacial score (nSPS) is 9.73. The lowest BCUT2D eigenvalue weighted by Gasteiger charge is -1.95. The molecule has 0 aliphatic carbocycles. The monoisotopic (exact) mass is 260 g/mol. The Labute approximate surface area is 104 Å². The Morgan fingerprint density at radius 3 is 2.47 bits per heavy atom.